The number of nitrogens with zero attached hydrogens (tertiary/aromatic N) is 1. The summed E-state index contributed by atoms with van der Waals surface area (Å²) in [5, 5.41) is 3.95. The molecule has 32 heavy (non-hydrogen) atoms. The molecular formula is C25H32Cl2N2O2S. The lowest BCUT2D eigenvalue weighted by molar-refractivity contribution is -0.138. The van der Waals surface area contributed by atoms with Crippen molar-refractivity contribution in [3.05, 3.63) is 68.7 Å². The summed E-state index contributed by atoms with van der Waals surface area (Å²) in [5.41, 5.74) is 4.38. The highest BCUT2D eigenvalue weighted by atomic mass is 35.5. The van der Waals surface area contributed by atoms with E-state index in [-0.39, 0.29) is 24.1 Å². The maximum Gasteiger partial charge on any atom is 0.242 e. The largest absolute Gasteiger partial charge is 0.354 e. The molecule has 0 bridgehead atoms. The van der Waals surface area contributed by atoms with E-state index in [0.29, 0.717) is 16.6 Å². The monoisotopic (exact) mass is 494 g/mol. The van der Waals surface area contributed by atoms with Crippen LogP contribution in [0.3, 0.4) is 0 Å². The highest BCUT2D eigenvalue weighted by Crippen LogP contribution is 2.24. The van der Waals surface area contributed by atoms with Crippen LogP contribution in [0.5, 0.6) is 0 Å². The Bertz CT molecular complexity index is 916. The van der Waals surface area contributed by atoms with Crippen LogP contribution in [0.15, 0.2) is 36.4 Å². The van der Waals surface area contributed by atoms with Crippen LogP contribution in [0.25, 0.3) is 0 Å². The van der Waals surface area contributed by atoms with Crippen LogP contribution in [0.4, 0.5) is 0 Å². The summed E-state index contributed by atoms with van der Waals surface area (Å²) in [7, 11) is 0. The molecule has 0 saturated heterocycles. The minimum Gasteiger partial charge on any atom is -0.354 e. The van der Waals surface area contributed by atoms with Crippen LogP contribution in [0, 0.1) is 13.8 Å². The summed E-state index contributed by atoms with van der Waals surface area (Å²) in [6.07, 6.45) is 1.90. The van der Waals surface area contributed by atoms with Gasteiger partial charge in [-0.2, -0.15) is 0 Å². The Balaban J connectivity index is 2.10. The van der Waals surface area contributed by atoms with Crippen molar-refractivity contribution in [3.63, 3.8) is 0 Å². The van der Waals surface area contributed by atoms with E-state index >= 15 is 0 Å². The number of carbonyl (C=O) groups is 2. The predicted octanol–water partition coefficient (Wildman–Crippen LogP) is 6.18. The number of hydrogen-bond acceptors (Lipinski definition) is 3. The van der Waals surface area contributed by atoms with E-state index in [0.717, 1.165) is 24.2 Å². The molecule has 0 aliphatic rings. The van der Waals surface area contributed by atoms with E-state index in [4.69, 9.17) is 23.2 Å². The third-order valence-corrected chi connectivity index (χ3v) is 6.70. The number of rotatable bonds is 11. The first kappa shape index (κ1) is 26.6. The van der Waals surface area contributed by atoms with Gasteiger partial charge in [-0.25, -0.2) is 0 Å². The topological polar surface area (TPSA) is 49.4 Å². The lowest BCUT2D eigenvalue weighted by Crippen LogP contribution is -2.48. The van der Waals surface area contributed by atoms with Crippen molar-refractivity contribution in [1.82, 2.24) is 10.2 Å². The molecule has 1 N–H and O–H groups in total. The molecule has 7 heteroatoms. The number of nitrogens with one attached hydrogen (secondary N) is 1. The molecule has 0 aromatic heterocycles. The molecule has 0 spiro atoms. The molecule has 2 amide bonds. The van der Waals surface area contributed by atoms with E-state index in [1.807, 2.05) is 0 Å². The fourth-order valence-corrected chi connectivity index (χ4v) is 4.76. The number of hydrogen-bond donors (Lipinski definition) is 1. The van der Waals surface area contributed by atoms with Gasteiger partial charge in [-0.05, 0) is 50.5 Å². The second kappa shape index (κ2) is 13.1. The van der Waals surface area contributed by atoms with Crippen LogP contribution >= 0.6 is 35.0 Å². The molecule has 0 heterocycles. The van der Waals surface area contributed by atoms with Crippen LogP contribution in [-0.4, -0.2) is 35.1 Å². The van der Waals surface area contributed by atoms with Gasteiger partial charge in [-0.15, -0.1) is 11.8 Å². The molecule has 0 unspecified atom stereocenters. The normalized spacial score (nSPS) is 11.8. The zero-order chi connectivity index (χ0) is 23.7. The molecule has 2 aromatic carbocycles. The van der Waals surface area contributed by atoms with Gasteiger partial charge in [-0.1, -0.05) is 71.9 Å². The van der Waals surface area contributed by atoms with Crippen LogP contribution in [0.2, 0.25) is 10.0 Å². The number of thioether (sulfide) groups is 1. The van der Waals surface area contributed by atoms with E-state index in [1.165, 1.54) is 16.7 Å². The molecule has 1 atom stereocenters. The quantitative estimate of drug-likeness (QED) is 0.379. The molecule has 174 valence electrons. The van der Waals surface area contributed by atoms with Crippen molar-refractivity contribution in [2.24, 2.45) is 0 Å². The van der Waals surface area contributed by atoms with Gasteiger partial charge in [0.05, 0.1) is 5.75 Å². The summed E-state index contributed by atoms with van der Waals surface area (Å²) in [6, 6.07) is 11.0. The molecule has 4 nitrogen and oxygen atoms in total. The Morgan fingerprint density at radius 3 is 2.41 bits per heavy atom. The summed E-state index contributed by atoms with van der Waals surface area (Å²) >= 11 is 13.9. The smallest absolute Gasteiger partial charge is 0.242 e. The van der Waals surface area contributed by atoms with Crippen molar-refractivity contribution in [2.75, 3.05) is 12.3 Å². The first-order valence-corrected chi connectivity index (χ1v) is 12.8. The Morgan fingerprint density at radius 2 is 1.78 bits per heavy atom. The van der Waals surface area contributed by atoms with Gasteiger partial charge >= 0.3 is 0 Å². The Morgan fingerprint density at radius 1 is 1.09 bits per heavy atom. The number of aryl methyl sites for hydroxylation is 2. The Kier molecular flexibility index (Phi) is 10.9. The fourth-order valence-electron chi connectivity index (χ4n) is 3.44. The van der Waals surface area contributed by atoms with Gasteiger partial charge in [0, 0.05) is 28.9 Å². The van der Waals surface area contributed by atoms with Gasteiger partial charge in [0.1, 0.15) is 6.04 Å². The molecule has 0 radical (unpaired) electrons. The number of amides is 2. The lowest BCUT2D eigenvalue weighted by atomic mass is 10.1. The van der Waals surface area contributed by atoms with Crippen molar-refractivity contribution in [3.8, 4) is 0 Å². The van der Waals surface area contributed by atoms with Gasteiger partial charge in [0.25, 0.3) is 0 Å². The van der Waals surface area contributed by atoms with Crippen LogP contribution in [0.1, 0.15) is 48.9 Å². The van der Waals surface area contributed by atoms with Crippen molar-refractivity contribution in [2.45, 2.75) is 58.9 Å². The zero-order valence-corrected chi connectivity index (χ0v) is 21.5. The first-order chi connectivity index (χ1) is 15.2. The highest BCUT2D eigenvalue weighted by molar-refractivity contribution is 7.99. The number of unbranched alkanes of at least 4 members (excludes halogenated alkanes) is 1. The Hall–Kier alpha value is -1.69. The minimum atomic E-state index is -0.604. The average molecular weight is 496 g/mol. The maximum atomic E-state index is 13.2. The van der Waals surface area contributed by atoms with E-state index in [9.17, 15) is 9.59 Å². The number of carbonyl (C=O) groups excluding carboxylic acids is 2. The highest BCUT2D eigenvalue weighted by Gasteiger charge is 2.26. The summed E-state index contributed by atoms with van der Waals surface area (Å²) < 4.78 is 0. The third kappa shape index (κ3) is 8.34. The molecule has 0 aliphatic carbocycles. The van der Waals surface area contributed by atoms with E-state index in [2.05, 4.69) is 44.3 Å². The fraction of sp³-hybridized carbons (Fsp3) is 0.440. The molecule has 0 aliphatic heterocycles. The minimum absolute atomic E-state index is 0.0940. The van der Waals surface area contributed by atoms with Crippen molar-refractivity contribution in [1.29, 1.82) is 0 Å². The van der Waals surface area contributed by atoms with Crippen LogP contribution < -0.4 is 5.32 Å². The van der Waals surface area contributed by atoms with Crippen LogP contribution in [-0.2, 0) is 21.9 Å². The molecule has 0 saturated carbocycles. The number of benzene rings is 2. The van der Waals surface area contributed by atoms with Crippen molar-refractivity contribution >= 4 is 46.8 Å². The third-order valence-electron chi connectivity index (χ3n) is 5.13. The van der Waals surface area contributed by atoms with E-state index in [1.54, 1.807) is 41.8 Å². The first-order valence-electron chi connectivity index (χ1n) is 10.9. The van der Waals surface area contributed by atoms with Gasteiger partial charge in [-0.3, -0.25) is 9.59 Å². The Labute approximate surface area is 206 Å². The second-order valence-electron chi connectivity index (χ2n) is 8.07. The summed E-state index contributed by atoms with van der Waals surface area (Å²) in [5.74, 6) is 0.769. The molecular weight excluding hydrogens is 463 g/mol. The predicted molar refractivity (Wildman–Crippen MR) is 136 cm³/mol. The zero-order valence-electron chi connectivity index (χ0n) is 19.2. The molecule has 2 rings (SSSR count). The molecule has 0 fully saturated rings. The molecule has 2 aromatic rings. The van der Waals surface area contributed by atoms with Gasteiger partial charge in [0.2, 0.25) is 11.8 Å². The van der Waals surface area contributed by atoms with Gasteiger partial charge < -0.3 is 10.2 Å². The van der Waals surface area contributed by atoms with Gasteiger partial charge in [0.15, 0.2) is 0 Å². The SMILES string of the molecule is CCCCNC(=O)[C@H](C)N(Cc1ccc(Cl)cc1Cl)C(=O)CSCc1cc(C)cc(C)c1. The summed E-state index contributed by atoms with van der Waals surface area (Å²) in [4.78, 5) is 27.5. The lowest BCUT2D eigenvalue weighted by Gasteiger charge is -2.29. The number of halogens is 2. The van der Waals surface area contributed by atoms with Crippen molar-refractivity contribution < 1.29 is 9.59 Å². The second-order valence-corrected chi connectivity index (χ2v) is 9.90. The standard InChI is InChI=1S/C25H32Cl2N2O2S/c1-5-6-9-28-25(31)19(4)29(14-21-7-8-22(26)13-23(21)27)24(30)16-32-15-20-11-17(2)10-18(3)12-20/h7-8,10-13,19H,5-6,9,14-16H2,1-4H3,(H,28,31)/t19-/m0/s1. The average Bonchev–Trinajstić information content (AvgIpc) is 2.72. The van der Waals surface area contributed by atoms with E-state index < -0.39 is 6.04 Å². The maximum absolute atomic E-state index is 13.2. The summed E-state index contributed by atoms with van der Waals surface area (Å²) in [6.45, 7) is 8.83.